The van der Waals surface area contributed by atoms with E-state index in [2.05, 4.69) is 13.8 Å². The minimum Gasteiger partial charge on any atom is -0.462 e. The van der Waals surface area contributed by atoms with Crippen molar-refractivity contribution < 1.29 is 9.53 Å². The maximum atomic E-state index is 11.6. The van der Waals surface area contributed by atoms with Crippen LogP contribution in [0.3, 0.4) is 0 Å². The molecule has 2 atom stereocenters. The van der Waals surface area contributed by atoms with Gasteiger partial charge in [-0.3, -0.25) is 4.79 Å². The van der Waals surface area contributed by atoms with Crippen LogP contribution >= 0.6 is 0 Å². The van der Waals surface area contributed by atoms with E-state index in [0.717, 1.165) is 19.3 Å². The van der Waals surface area contributed by atoms with Gasteiger partial charge in [0.15, 0.2) is 0 Å². The van der Waals surface area contributed by atoms with Gasteiger partial charge in [0.05, 0.1) is 5.92 Å². The van der Waals surface area contributed by atoms with Crippen LogP contribution in [0.15, 0.2) is 0 Å². The van der Waals surface area contributed by atoms with Crippen LogP contribution in [0.4, 0.5) is 0 Å². The van der Waals surface area contributed by atoms with Gasteiger partial charge in [0.2, 0.25) is 0 Å². The summed E-state index contributed by atoms with van der Waals surface area (Å²) in [6.07, 6.45) is 10.7. The minimum absolute atomic E-state index is 0.0672. The van der Waals surface area contributed by atoms with Gasteiger partial charge in [-0.2, -0.15) is 0 Å². The number of ether oxygens (including phenoxy) is 1. The second kappa shape index (κ2) is 7.70. The SMILES string of the molecule is CCCCCC1CC(CCCCC)C(=O)O1. The van der Waals surface area contributed by atoms with Gasteiger partial charge in [-0.05, 0) is 25.7 Å². The zero-order valence-corrected chi connectivity index (χ0v) is 10.8. The smallest absolute Gasteiger partial charge is 0.309 e. The van der Waals surface area contributed by atoms with Gasteiger partial charge < -0.3 is 4.74 Å². The summed E-state index contributed by atoms with van der Waals surface area (Å²) in [5, 5.41) is 0. The third-order valence-corrected chi connectivity index (χ3v) is 3.45. The molecular formula is C14H26O2. The number of rotatable bonds is 8. The lowest BCUT2D eigenvalue weighted by atomic mass is 9.96. The fourth-order valence-electron chi connectivity index (χ4n) is 2.40. The molecule has 94 valence electrons. The molecule has 1 aliphatic rings. The van der Waals surface area contributed by atoms with Crippen molar-refractivity contribution in [2.24, 2.45) is 5.92 Å². The van der Waals surface area contributed by atoms with E-state index in [9.17, 15) is 4.79 Å². The van der Waals surface area contributed by atoms with Crippen molar-refractivity contribution >= 4 is 5.97 Å². The van der Waals surface area contributed by atoms with Gasteiger partial charge in [0.25, 0.3) is 0 Å². The Morgan fingerprint density at radius 3 is 2.31 bits per heavy atom. The van der Waals surface area contributed by atoms with Gasteiger partial charge in [-0.25, -0.2) is 0 Å². The Hall–Kier alpha value is -0.530. The van der Waals surface area contributed by atoms with Gasteiger partial charge in [-0.15, -0.1) is 0 Å². The maximum absolute atomic E-state index is 11.6. The van der Waals surface area contributed by atoms with Crippen molar-refractivity contribution in [3.05, 3.63) is 0 Å². The van der Waals surface area contributed by atoms with Crippen LogP contribution in [0.1, 0.15) is 71.6 Å². The molecule has 0 saturated carbocycles. The van der Waals surface area contributed by atoms with Crippen molar-refractivity contribution in [3.8, 4) is 0 Å². The van der Waals surface area contributed by atoms with Gasteiger partial charge >= 0.3 is 5.97 Å². The number of unbranched alkanes of at least 4 members (excludes halogenated alkanes) is 4. The van der Waals surface area contributed by atoms with Gasteiger partial charge in [0, 0.05) is 0 Å². The Morgan fingerprint density at radius 1 is 1.06 bits per heavy atom. The van der Waals surface area contributed by atoms with E-state index in [1.165, 1.54) is 38.5 Å². The second-order valence-electron chi connectivity index (χ2n) is 4.98. The molecule has 0 N–H and O–H groups in total. The van der Waals surface area contributed by atoms with E-state index in [1.54, 1.807) is 0 Å². The zero-order valence-electron chi connectivity index (χ0n) is 10.8. The largest absolute Gasteiger partial charge is 0.462 e. The summed E-state index contributed by atoms with van der Waals surface area (Å²) in [4.78, 5) is 11.6. The maximum Gasteiger partial charge on any atom is 0.309 e. The molecule has 1 fully saturated rings. The Morgan fingerprint density at radius 2 is 1.69 bits per heavy atom. The molecular weight excluding hydrogens is 200 g/mol. The van der Waals surface area contributed by atoms with Crippen molar-refractivity contribution in [1.29, 1.82) is 0 Å². The lowest BCUT2D eigenvalue weighted by Crippen LogP contribution is -2.07. The molecule has 1 saturated heterocycles. The lowest BCUT2D eigenvalue weighted by Gasteiger charge is -2.07. The molecule has 1 aliphatic heterocycles. The Kier molecular flexibility index (Phi) is 6.51. The summed E-state index contributed by atoms with van der Waals surface area (Å²) in [7, 11) is 0. The summed E-state index contributed by atoms with van der Waals surface area (Å²) in [5.74, 6) is 0.274. The van der Waals surface area contributed by atoms with Crippen LogP contribution in [0.25, 0.3) is 0 Å². The molecule has 0 aromatic rings. The highest BCUT2D eigenvalue weighted by molar-refractivity contribution is 5.74. The molecule has 0 spiro atoms. The Labute approximate surface area is 99.8 Å². The predicted molar refractivity (Wildman–Crippen MR) is 66.3 cm³/mol. The molecule has 0 amide bonds. The average Bonchev–Trinajstić information content (AvgIpc) is 2.61. The van der Waals surface area contributed by atoms with Crippen LogP contribution in [-0.2, 0) is 9.53 Å². The van der Waals surface area contributed by atoms with E-state index in [0.29, 0.717) is 0 Å². The molecule has 2 nitrogen and oxygen atoms in total. The zero-order chi connectivity index (χ0) is 11.8. The first-order valence-corrected chi connectivity index (χ1v) is 6.98. The minimum atomic E-state index is 0.0672. The summed E-state index contributed by atoms with van der Waals surface area (Å²) >= 11 is 0. The standard InChI is InChI=1S/C14H26O2/c1-3-5-7-9-12-11-13(16-14(12)15)10-8-6-4-2/h12-13H,3-11H2,1-2H3. The number of esters is 1. The van der Waals surface area contributed by atoms with Gasteiger partial charge in [-0.1, -0.05) is 46.0 Å². The molecule has 1 heterocycles. The molecule has 1 rings (SSSR count). The lowest BCUT2D eigenvalue weighted by molar-refractivity contribution is -0.144. The first kappa shape index (κ1) is 13.5. The molecule has 0 aromatic heterocycles. The monoisotopic (exact) mass is 226 g/mol. The first-order chi connectivity index (χ1) is 7.77. The Balaban J connectivity index is 2.16. The average molecular weight is 226 g/mol. The number of carbonyl (C=O) groups excluding carboxylic acids is 1. The van der Waals surface area contributed by atoms with E-state index in [-0.39, 0.29) is 18.0 Å². The molecule has 16 heavy (non-hydrogen) atoms. The van der Waals surface area contributed by atoms with Crippen LogP contribution in [0, 0.1) is 5.92 Å². The van der Waals surface area contributed by atoms with E-state index in [1.807, 2.05) is 0 Å². The fourth-order valence-corrected chi connectivity index (χ4v) is 2.40. The number of carbonyl (C=O) groups is 1. The number of cyclic esters (lactones) is 1. The summed E-state index contributed by atoms with van der Waals surface area (Å²) < 4.78 is 5.41. The molecule has 0 aliphatic carbocycles. The summed E-state index contributed by atoms with van der Waals surface area (Å²) in [6.45, 7) is 4.40. The van der Waals surface area contributed by atoms with E-state index < -0.39 is 0 Å². The van der Waals surface area contributed by atoms with Gasteiger partial charge in [0.1, 0.15) is 6.10 Å². The summed E-state index contributed by atoms with van der Waals surface area (Å²) in [5.41, 5.74) is 0. The summed E-state index contributed by atoms with van der Waals surface area (Å²) in [6, 6.07) is 0. The van der Waals surface area contributed by atoms with Crippen LogP contribution < -0.4 is 0 Å². The van der Waals surface area contributed by atoms with Crippen LogP contribution in [0.2, 0.25) is 0 Å². The highest BCUT2D eigenvalue weighted by atomic mass is 16.5. The van der Waals surface area contributed by atoms with Crippen LogP contribution in [-0.4, -0.2) is 12.1 Å². The molecule has 0 radical (unpaired) electrons. The van der Waals surface area contributed by atoms with Crippen LogP contribution in [0.5, 0.6) is 0 Å². The highest BCUT2D eigenvalue weighted by Crippen LogP contribution is 2.28. The van der Waals surface area contributed by atoms with Crippen molar-refractivity contribution in [3.63, 3.8) is 0 Å². The third-order valence-electron chi connectivity index (χ3n) is 3.45. The first-order valence-electron chi connectivity index (χ1n) is 6.98. The molecule has 2 unspecified atom stereocenters. The molecule has 0 aromatic carbocycles. The highest BCUT2D eigenvalue weighted by Gasteiger charge is 2.33. The van der Waals surface area contributed by atoms with Crippen molar-refractivity contribution in [1.82, 2.24) is 0 Å². The van der Waals surface area contributed by atoms with Crippen molar-refractivity contribution in [2.75, 3.05) is 0 Å². The number of hydrogen-bond acceptors (Lipinski definition) is 2. The second-order valence-corrected chi connectivity index (χ2v) is 4.98. The number of hydrogen-bond donors (Lipinski definition) is 0. The molecule has 0 bridgehead atoms. The third kappa shape index (κ3) is 4.54. The normalized spacial score (nSPS) is 24.8. The van der Waals surface area contributed by atoms with Crippen molar-refractivity contribution in [2.45, 2.75) is 77.7 Å². The van der Waals surface area contributed by atoms with E-state index >= 15 is 0 Å². The Bertz CT molecular complexity index is 201. The predicted octanol–water partition coefficient (Wildman–Crippen LogP) is 4.08. The topological polar surface area (TPSA) is 26.3 Å². The fraction of sp³-hybridized carbons (Fsp3) is 0.929. The molecule has 2 heteroatoms. The van der Waals surface area contributed by atoms with E-state index in [4.69, 9.17) is 4.74 Å². The quantitative estimate of drug-likeness (QED) is 0.460.